The van der Waals surface area contributed by atoms with Crippen molar-refractivity contribution in [3.8, 4) is 22.4 Å². The smallest absolute Gasteiger partial charge is 0.130 e. The first kappa shape index (κ1) is 16.7. The predicted molar refractivity (Wildman–Crippen MR) is 106 cm³/mol. The van der Waals surface area contributed by atoms with Gasteiger partial charge in [0.2, 0.25) is 0 Å². The molecular weight excluding hydrogens is 339 g/mol. The quantitative estimate of drug-likeness (QED) is 0.506. The van der Waals surface area contributed by atoms with E-state index in [9.17, 15) is 4.39 Å². The number of anilines is 1. The summed E-state index contributed by atoms with van der Waals surface area (Å²) >= 11 is 0. The maximum Gasteiger partial charge on any atom is 0.130 e. The molecule has 0 unspecified atom stereocenters. The molecular formula is C22H17FN4. The van der Waals surface area contributed by atoms with Gasteiger partial charge in [-0.3, -0.25) is 5.10 Å². The summed E-state index contributed by atoms with van der Waals surface area (Å²) in [6.45, 7) is 0. The van der Waals surface area contributed by atoms with Crippen LogP contribution in [0.15, 0.2) is 85.3 Å². The molecule has 0 atom stereocenters. The van der Waals surface area contributed by atoms with Crippen LogP contribution < -0.4 is 5.32 Å². The molecule has 0 saturated carbocycles. The average Bonchev–Trinajstić information content (AvgIpc) is 3.20. The van der Waals surface area contributed by atoms with Gasteiger partial charge < -0.3 is 5.32 Å². The molecule has 2 heterocycles. The van der Waals surface area contributed by atoms with Gasteiger partial charge in [0.1, 0.15) is 11.6 Å². The van der Waals surface area contributed by atoms with E-state index < -0.39 is 0 Å². The zero-order chi connectivity index (χ0) is 18.5. The van der Waals surface area contributed by atoms with Crippen molar-refractivity contribution in [2.45, 2.75) is 0 Å². The molecule has 0 aliphatic rings. The van der Waals surface area contributed by atoms with Crippen LogP contribution in [0.4, 0.5) is 10.2 Å². The molecule has 0 aliphatic heterocycles. The molecule has 0 radical (unpaired) electrons. The monoisotopic (exact) mass is 356 g/mol. The number of pyridine rings is 1. The second-order valence-corrected chi connectivity index (χ2v) is 5.98. The number of hydrogen-bond acceptors (Lipinski definition) is 3. The summed E-state index contributed by atoms with van der Waals surface area (Å²) in [5.41, 5.74) is 4.72. The molecule has 0 fully saturated rings. The van der Waals surface area contributed by atoms with E-state index in [1.165, 1.54) is 12.1 Å². The molecule has 2 aromatic heterocycles. The third kappa shape index (κ3) is 3.93. The largest absolute Gasteiger partial charge is 0.347 e. The first-order valence-corrected chi connectivity index (χ1v) is 8.53. The van der Waals surface area contributed by atoms with Crippen molar-refractivity contribution >= 4 is 11.9 Å². The van der Waals surface area contributed by atoms with Gasteiger partial charge in [-0.25, -0.2) is 9.37 Å². The Kier molecular flexibility index (Phi) is 4.74. The number of nitrogens with zero attached hydrogens (tertiary/aromatic N) is 2. The summed E-state index contributed by atoms with van der Waals surface area (Å²) < 4.78 is 13.2. The molecule has 4 aromatic rings. The van der Waals surface area contributed by atoms with Crippen molar-refractivity contribution in [3.63, 3.8) is 0 Å². The van der Waals surface area contributed by atoms with Gasteiger partial charge in [-0.2, -0.15) is 5.10 Å². The van der Waals surface area contributed by atoms with Crippen LogP contribution in [0.25, 0.3) is 28.5 Å². The van der Waals surface area contributed by atoms with Crippen LogP contribution in [-0.4, -0.2) is 15.2 Å². The van der Waals surface area contributed by atoms with Gasteiger partial charge in [-0.15, -0.1) is 0 Å². The zero-order valence-corrected chi connectivity index (χ0v) is 14.4. The van der Waals surface area contributed by atoms with Crippen molar-refractivity contribution < 1.29 is 4.39 Å². The molecule has 2 N–H and O–H groups in total. The van der Waals surface area contributed by atoms with E-state index in [4.69, 9.17) is 0 Å². The van der Waals surface area contributed by atoms with Crippen molar-refractivity contribution in [1.29, 1.82) is 0 Å². The Labute approximate surface area is 156 Å². The van der Waals surface area contributed by atoms with E-state index >= 15 is 0 Å². The van der Waals surface area contributed by atoms with Crippen molar-refractivity contribution in [2.24, 2.45) is 0 Å². The second-order valence-electron chi connectivity index (χ2n) is 5.98. The minimum atomic E-state index is -0.264. The van der Waals surface area contributed by atoms with Gasteiger partial charge >= 0.3 is 0 Å². The van der Waals surface area contributed by atoms with Crippen molar-refractivity contribution in [1.82, 2.24) is 15.2 Å². The highest BCUT2D eigenvalue weighted by atomic mass is 19.1. The Hall–Kier alpha value is -3.73. The number of rotatable bonds is 5. The zero-order valence-electron chi connectivity index (χ0n) is 14.4. The molecule has 0 aliphatic carbocycles. The van der Waals surface area contributed by atoms with E-state index in [-0.39, 0.29) is 5.82 Å². The van der Waals surface area contributed by atoms with Crippen LogP contribution in [0.2, 0.25) is 0 Å². The highest BCUT2D eigenvalue weighted by Crippen LogP contribution is 2.30. The maximum atomic E-state index is 13.2. The standard InChI is InChI=1S/C22H17FN4/c23-19-8-6-17(7-9-19)22-20(15-26-27-22)18-11-13-25-21(14-18)24-12-10-16-4-2-1-3-5-16/h1-15H,(H,24,25)(H,26,27). The summed E-state index contributed by atoms with van der Waals surface area (Å²) in [7, 11) is 0. The van der Waals surface area contributed by atoms with Gasteiger partial charge in [0.25, 0.3) is 0 Å². The maximum absolute atomic E-state index is 13.2. The molecule has 5 heteroatoms. The number of nitrogens with one attached hydrogen (secondary N) is 2. The molecule has 0 spiro atoms. The van der Waals surface area contributed by atoms with Crippen LogP contribution in [0.3, 0.4) is 0 Å². The molecule has 0 bridgehead atoms. The summed E-state index contributed by atoms with van der Waals surface area (Å²) in [5, 5.41) is 10.3. The van der Waals surface area contributed by atoms with Crippen molar-refractivity contribution in [2.75, 3.05) is 5.32 Å². The number of benzene rings is 2. The Balaban J connectivity index is 1.57. The fourth-order valence-corrected chi connectivity index (χ4v) is 2.81. The first-order valence-electron chi connectivity index (χ1n) is 8.53. The number of H-pyrrole nitrogens is 1. The molecule has 4 rings (SSSR count). The van der Waals surface area contributed by atoms with Gasteiger partial charge in [0, 0.05) is 23.5 Å². The average molecular weight is 356 g/mol. The second kappa shape index (κ2) is 7.66. The van der Waals surface area contributed by atoms with Crippen LogP contribution in [0, 0.1) is 5.82 Å². The molecule has 4 nitrogen and oxygen atoms in total. The van der Waals surface area contributed by atoms with E-state index in [1.54, 1.807) is 24.5 Å². The minimum absolute atomic E-state index is 0.264. The Morgan fingerprint density at radius 3 is 2.56 bits per heavy atom. The van der Waals surface area contributed by atoms with E-state index in [0.717, 1.165) is 33.8 Å². The van der Waals surface area contributed by atoms with E-state index in [1.807, 2.05) is 54.7 Å². The summed E-state index contributed by atoms with van der Waals surface area (Å²) in [6.07, 6.45) is 7.35. The molecule has 0 saturated heterocycles. The third-order valence-corrected chi connectivity index (χ3v) is 4.15. The summed E-state index contributed by atoms with van der Waals surface area (Å²) in [6, 6.07) is 20.2. The summed E-state index contributed by atoms with van der Waals surface area (Å²) in [5.74, 6) is 0.464. The summed E-state index contributed by atoms with van der Waals surface area (Å²) in [4.78, 5) is 4.35. The number of hydrogen-bond donors (Lipinski definition) is 2. The third-order valence-electron chi connectivity index (χ3n) is 4.15. The topological polar surface area (TPSA) is 53.6 Å². The number of aromatic amines is 1. The molecule has 0 amide bonds. The van der Waals surface area contributed by atoms with Gasteiger partial charge in [-0.1, -0.05) is 30.3 Å². The molecule has 27 heavy (non-hydrogen) atoms. The van der Waals surface area contributed by atoms with E-state index in [2.05, 4.69) is 20.5 Å². The van der Waals surface area contributed by atoms with Crippen LogP contribution in [0.1, 0.15) is 5.56 Å². The van der Waals surface area contributed by atoms with Crippen LogP contribution in [0.5, 0.6) is 0 Å². The van der Waals surface area contributed by atoms with E-state index in [0.29, 0.717) is 0 Å². The van der Waals surface area contributed by atoms with Crippen LogP contribution >= 0.6 is 0 Å². The molecule has 2 aromatic carbocycles. The lowest BCUT2D eigenvalue weighted by Gasteiger charge is -2.06. The normalized spacial score (nSPS) is 11.0. The Morgan fingerprint density at radius 2 is 1.74 bits per heavy atom. The molecule has 132 valence electrons. The highest BCUT2D eigenvalue weighted by Gasteiger charge is 2.10. The lowest BCUT2D eigenvalue weighted by atomic mass is 10.0. The van der Waals surface area contributed by atoms with Gasteiger partial charge in [0.15, 0.2) is 0 Å². The van der Waals surface area contributed by atoms with Gasteiger partial charge in [0.05, 0.1) is 11.9 Å². The SMILES string of the molecule is Fc1ccc(-c2[nH]ncc2-c2ccnc(NC=Cc3ccccc3)c2)cc1. The Bertz CT molecular complexity index is 1050. The lowest BCUT2D eigenvalue weighted by molar-refractivity contribution is 0.628. The highest BCUT2D eigenvalue weighted by molar-refractivity contribution is 5.81. The van der Waals surface area contributed by atoms with Crippen molar-refractivity contribution in [3.05, 3.63) is 96.7 Å². The number of aromatic nitrogens is 3. The fourth-order valence-electron chi connectivity index (χ4n) is 2.81. The van der Waals surface area contributed by atoms with Gasteiger partial charge in [-0.05, 0) is 53.6 Å². The lowest BCUT2D eigenvalue weighted by Crippen LogP contribution is -1.92. The van der Waals surface area contributed by atoms with Crippen LogP contribution in [-0.2, 0) is 0 Å². The predicted octanol–water partition coefficient (Wildman–Crippen LogP) is 5.36. The minimum Gasteiger partial charge on any atom is -0.347 e. The Morgan fingerprint density at radius 1 is 0.926 bits per heavy atom. The number of halogens is 1. The fraction of sp³-hybridized carbons (Fsp3) is 0. The first-order chi connectivity index (χ1) is 13.3.